The van der Waals surface area contributed by atoms with Gasteiger partial charge in [0.2, 0.25) is 0 Å². The maximum Gasteiger partial charge on any atom is 0.0972 e. The van der Waals surface area contributed by atoms with Crippen LogP contribution in [0.15, 0.2) is 182 Å². The summed E-state index contributed by atoms with van der Waals surface area (Å²) in [6.45, 7) is 0. The zero-order chi connectivity index (χ0) is 34.4. The first kappa shape index (κ1) is 29.8. The smallest absolute Gasteiger partial charge is 0.0972 e. The molecule has 0 saturated heterocycles. The number of fused-ring (bicyclic) bond motifs is 5. The summed E-state index contributed by atoms with van der Waals surface area (Å²) in [5.41, 5.74) is 13.3. The highest BCUT2D eigenvalue weighted by Gasteiger charge is 2.13. The van der Waals surface area contributed by atoms with Gasteiger partial charge in [0.05, 0.1) is 39.3 Å². The highest BCUT2D eigenvalue weighted by Crippen LogP contribution is 2.37. The van der Waals surface area contributed by atoms with E-state index >= 15 is 0 Å². The topological polar surface area (TPSA) is 51.6 Å². The first-order valence-electron chi connectivity index (χ1n) is 17.5. The van der Waals surface area contributed by atoms with Crippen molar-refractivity contribution in [3.05, 3.63) is 182 Å². The third kappa shape index (κ3) is 5.26. The maximum absolute atomic E-state index is 5.18. The largest absolute Gasteiger partial charge is 0.255 e. The zero-order valence-corrected chi connectivity index (χ0v) is 28.1. The van der Waals surface area contributed by atoms with Crippen molar-refractivity contribution in [3.63, 3.8) is 0 Å². The zero-order valence-electron chi connectivity index (χ0n) is 28.1. The molecule has 10 aromatic rings. The summed E-state index contributed by atoms with van der Waals surface area (Å²) >= 11 is 0. The van der Waals surface area contributed by atoms with Gasteiger partial charge in [-0.2, -0.15) is 0 Å². The van der Waals surface area contributed by atoms with Crippen molar-refractivity contribution in [1.82, 2.24) is 19.9 Å². The number of rotatable bonds is 5. The summed E-state index contributed by atoms with van der Waals surface area (Å²) < 4.78 is 0. The summed E-state index contributed by atoms with van der Waals surface area (Å²) in [5.74, 6) is 0. The van der Waals surface area contributed by atoms with E-state index in [-0.39, 0.29) is 0 Å². The third-order valence-corrected chi connectivity index (χ3v) is 9.93. The fraction of sp³-hybridized carbons (Fsp3) is 0. The molecule has 0 radical (unpaired) electrons. The van der Waals surface area contributed by atoms with Gasteiger partial charge in [0.25, 0.3) is 0 Å². The van der Waals surface area contributed by atoms with Crippen molar-refractivity contribution in [1.29, 1.82) is 0 Å². The number of nitrogens with zero attached hydrogens (tertiary/aromatic N) is 4. The molecule has 4 aromatic heterocycles. The molecule has 0 spiro atoms. The van der Waals surface area contributed by atoms with E-state index in [0.29, 0.717) is 0 Å². The average molecular weight is 663 g/mol. The fourth-order valence-corrected chi connectivity index (χ4v) is 7.27. The maximum atomic E-state index is 5.18. The Hall–Kier alpha value is -7.04. The molecule has 0 saturated carbocycles. The van der Waals surface area contributed by atoms with Crippen LogP contribution in [0.3, 0.4) is 0 Å². The van der Waals surface area contributed by atoms with Crippen LogP contribution in [0.1, 0.15) is 0 Å². The van der Waals surface area contributed by atoms with Crippen LogP contribution < -0.4 is 0 Å². The van der Waals surface area contributed by atoms with Gasteiger partial charge < -0.3 is 0 Å². The molecule has 0 amide bonds. The third-order valence-electron chi connectivity index (χ3n) is 9.93. The molecule has 242 valence electrons. The van der Waals surface area contributed by atoms with Crippen LogP contribution in [0.2, 0.25) is 0 Å². The SMILES string of the molecule is c1ccc(-c2ccc3ccc4ccc(-c5ccc(-c6ccc(-c7ccc8nc(-c9ccccn9)ccc8c7)c7ccccc67)cc5)nc4c3n2)cc1. The van der Waals surface area contributed by atoms with Crippen LogP contribution in [0.4, 0.5) is 0 Å². The fourth-order valence-electron chi connectivity index (χ4n) is 7.27. The first-order valence-corrected chi connectivity index (χ1v) is 17.5. The Bertz CT molecular complexity index is 2940. The molecule has 6 aromatic carbocycles. The molecule has 0 unspecified atom stereocenters. The Morgan fingerprint density at radius 2 is 0.846 bits per heavy atom. The van der Waals surface area contributed by atoms with Crippen molar-refractivity contribution >= 4 is 43.5 Å². The van der Waals surface area contributed by atoms with Gasteiger partial charge in [0.1, 0.15) is 0 Å². The second kappa shape index (κ2) is 12.4. The van der Waals surface area contributed by atoms with Crippen molar-refractivity contribution in [2.45, 2.75) is 0 Å². The molecule has 0 fully saturated rings. The lowest BCUT2D eigenvalue weighted by Crippen LogP contribution is -1.91. The average Bonchev–Trinajstić information content (AvgIpc) is 3.23. The van der Waals surface area contributed by atoms with E-state index in [0.717, 1.165) is 72.2 Å². The van der Waals surface area contributed by atoms with Crippen LogP contribution in [-0.2, 0) is 0 Å². The number of hydrogen-bond donors (Lipinski definition) is 0. The molecular weight excluding hydrogens is 633 g/mol. The number of aromatic nitrogens is 4. The molecule has 0 aliphatic rings. The van der Waals surface area contributed by atoms with Crippen LogP contribution >= 0.6 is 0 Å². The van der Waals surface area contributed by atoms with Gasteiger partial charge >= 0.3 is 0 Å². The van der Waals surface area contributed by atoms with Gasteiger partial charge in [-0.25, -0.2) is 15.0 Å². The minimum Gasteiger partial charge on any atom is -0.255 e. The highest BCUT2D eigenvalue weighted by atomic mass is 14.8. The Kier molecular flexibility index (Phi) is 7.10. The molecule has 10 rings (SSSR count). The van der Waals surface area contributed by atoms with E-state index in [9.17, 15) is 0 Å². The summed E-state index contributed by atoms with van der Waals surface area (Å²) in [6.07, 6.45) is 1.80. The molecule has 4 heterocycles. The molecule has 0 bridgehead atoms. The second-order valence-corrected chi connectivity index (χ2v) is 13.1. The van der Waals surface area contributed by atoms with Crippen LogP contribution in [0, 0.1) is 0 Å². The van der Waals surface area contributed by atoms with Crippen LogP contribution in [-0.4, -0.2) is 19.9 Å². The monoisotopic (exact) mass is 662 g/mol. The predicted molar refractivity (Wildman–Crippen MR) is 215 cm³/mol. The Morgan fingerprint density at radius 1 is 0.308 bits per heavy atom. The van der Waals surface area contributed by atoms with Crippen molar-refractivity contribution in [2.24, 2.45) is 0 Å². The van der Waals surface area contributed by atoms with Gasteiger partial charge in [-0.1, -0.05) is 133 Å². The van der Waals surface area contributed by atoms with Gasteiger partial charge in [-0.05, 0) is 75.5 Å². The van der Waals surface area contributed by atoms with Gasteiger partial charge in [-0.3, -0.25) is 4.98 Å². The first-order chi connectivity index (χ1) is 25.7. The second-order valence-electron chi connectivity index (χ2n) is 13.1. The summed E-state index contributed by atoms with van der Waals surface area (Å²) in [7, 11) is 0. The Labute approximate surface area is 300 Å². The Balaban J connectivity index is 0.995. The summed E-state index contributed by atoms with van der Waals surface area (Å²) in [5, 5.41) is 5.69. The lowest BCUT2D eigenvalue weighted by Gasteiger charge is -2.13. The summed E-state index contributed by atoms with van der Waals surface area (Å²) in [4.78, 5) is 19.6. The number of pyridine rings is 4. The molecule has 0 atom stereocenters. The minimum atomic E-state index is 0.875. The van der Waals surface area contributed by atoms with E-state index in [2.05, 4.69) is 138 Å². The quantitative estimate of drug-likeness (QED) is 0.172. The lowest BCUT2D eigenvalue weighted by atomic mass is 9.91. The van der Waals surface area contributed by atoms with Crippen molar-refractivity contribution < 1.29 is 0 Å². The van der Waals surface area contributed by atoms with Gasteiger partial charge in [-0.15, -0.1) is 0 Å². The molecule has 4 nitrogen and oxygen atoms in total. The van der Waals surface area contributed by atoms with E-state index in [4.69, 9.17) is 15.0 Å². The lowest BCUT2D eigenvalue weighted by molar-refractivity contribution is 1.28. The molecule has 0 N–H and O–H groups in total. The molecular formula is C48H30N4. The normalized spacial score (nSPS) is 11.5. The highest BCUT2D eigenvalue weighted by molar-refractivity contribution is 6.06. The Morgan fingerprint density at radius 3 is 1.52 bits per heavy atom. The summed E-state index contributed by atoms with van der Waals surface area (Å²) in [6, 6.07) is 61.6. The molecule has 0 aliphatic carbocycles. The van der Waals surface area contributed by atoms with E-state index < -0.39 is 0 Å². The molecule has 0 aliphatic heterocycles. The standard InChI is InChI=1S/C48H30N4/c1-2-8-32(9-3-1)42-25-19-34-17-18-35-20-26-43(52-48(35)47(34)51-42)33-15-13-31(14-16-33)38-23-24-39(41-11-5-4-10-40(38)41)36-21-27-44-37(30-36)22-28-46(50-44)45-12-6-7-29-49-45/h1-30H. The van der Waals surface area contributed by atoms with Crippen LogP contribution in [0.25, 0.3) is 99.6 Å². The minimum absolute atomic E-state index is 0.875. The number of benzene rings is 6. The molecule has 4 heteroatoms. The number of hydrogen-bond acceptors (Lipinski definition) is 4. The van der Waals surface area contributed by atoms with Gasteiger partial charge in [0.15, 0.2) is 0 Å². The molecule has 52 heavy (non-hydrogen) atoms. The van der Waals surface area contributed by atoms with Crippen molar-refractivity contribution in [2.75, 3.05) is 0 Å². The predicted octanol–water partition coefficient (Wildman–Crippen LogP) is 12.2. The van der Waals surface area contributed by atoms with E-state index in [1.54, 1.807) is 6.20 Å². The van der Waals surface area contributed by atoms with Crippen molar-refractivity contribution in [3.8, 4) is 56.2 Å². The van der Waals surface area contributed by atoms with Gasteiger partial charge in [0, 0.05) is 33.5 Å². The van der Waals surface area contributed by atoms with Crippen LogP contribution in [0.5, 0.6) is 0 Å². The van der Waals surface area contributed by atoms with E-state index in [1.165, 1.54) is 27.5 Å². The van der Waals surface area contributed by atoms with E-state index in [1.807, 2.05) is 42.5 Å².